The molecule has 2 aliphatic rings. The van der Waals surface area contributed by atoms with Crippen LogP contribution in [0.15, 0.2) is 24.3 Å². The highest BCUT2D eigenvalue weighted by Crippen LogP contribution is 2.23. The first kappa shape index (κ1) is 22.0. The van der Waals surface area contributed by atoms with E-state index in [0.29, 0.717) is 25.8 Å². The maximum absolute atomic E-state index is 12.9. The van der Waals surface area contributed by atoms with E-state index < -0.39 is 0 Å². The van der Waals surface area contributed by atoms with E-state index in [0.717, 1.165) is 63.3 Å². The minimum atomic E-state index is -0.0111. The fourth-order valence-corrected chi connectivity index (χ4v) is 4.10. The lowest BCUT2D eigenvalue weighted by Crippen LogP contribution is -2.47. The Bertz CT molecular complexity index is 619. The van der Waals surface area contributed by atoms with Crippen LogP contribution in [0.25, 0.3) is 0 Å². The van der Waals surface area contributed by atoms with Crippen LogP contribution in [0.2, 0.25) is 0 Å². The van der Waals surface area contributed by atoms with Gasteiger partial charge in [-0.15, -0.1) is 0 Å². The van der Waals surface area contributed by atoms with Crippen LogP contribution in [0, 0.1) is 5.92 Å². The Morgan fingerprint density at radius 1 is 1.14 bits per heavy atom. The Balaban J connectivity index is 1.49. The molecule has 3 N–H and O–H groups in total. The second kappa shape index (κ2) is 11.5. The smallest absolute Gasteiger partial charge is 0.224 e. The second-order valence-electron chi connectivity index (χ2n) is 8.03. The molecule has 3 rings (SSSR count). The number of carbonyl (C=O) groups excluding carboxylic acids is 1. The summed E-state index contributed by atoms with van der Waals surface area (Å²) in [5.74, 6) is 0.918. The third-order valence-corrected chi connectivity index (χ3v) is 5.83. The minimum absolute atomic E-state index is 0.0111. The summed E-state index contributed by atoms with van der Waals surface area (Å²) in [7, 11) is 1.65. The van der Waals surface area contributed by atoms with Crippen molar-refractivity contribution in [2.75, 3.05) is 46.6 Å². The summed E-state index contributed by atoms with van der Waals surface area (Å²) in [6, 6.07) is 8.44. The molecular weight excluding hydrogens is 370 g/mol. The molecular formula is C22H35N3O4. The minimum Gasteiger partial charge on any atom is -0.491 e. The van der Waals surface area contributed by atoms with Gasteiger partial charge in [0.15, 0.2) is 0 Å². The monoisotopic (exact) mass is 405 g/mol. The number of hydrogen-bond donors (Lipinski definition) is 2. The van der Waals surface area contributed by atoms with E-state index in [1.54, 1.807) is 7.11 Å². The summed E-state index contributed by atoms with van der Waals surface area (Å²) in [5, 5.41) is 3.11. The highest BCUT2D eigenvalue weighted by molar-refractivity contribution is 5.78. The molecule has 7 nitrogen and oxygen atoms in total. The number of rotatable bonds is 8. The highest BCUT2D eigenvalue weighted by Gasteiger charge is 2.31. The molecule has 0 saturated carbocycles. The van der Waals surface area contributed by atoms with Crippen molar-refractivity contribution in [2.45, 2.75) is 44.3 Å². The molecule has 2 heterocycles. The Kier molecular flexibility index (Phi) is 8.73. The molecule has 2 aliphatic heterocycles. The van der Waals surface area contributed by atoms with Crippen LogP contribution in [0.3, 0.4) is 0 Å². The van der Waals surface area contributed by atoms with Gasteiger partial charge in [0.05, 0.1) is 12.5 Å². The Morgan fingerprint density at radius 2 is 1.90 bits per heavy atom. The van der Waals surface area contributed by atoms with Gasteiger partial charge in [-0.05, 0) is 43.4 Å². The lowest BCUT2D eigenvalue weighted by Gasteiger charge is -2.35. The predicted octanol–water partition coefficient (Wildman–Crippen LogP) is 1.55. The first-order valence-electron chi connectivity index (χ1n) is 10.7. The van der Waals surface area contributed by atoms with Gasteiger partial charge >= 0.3 is 0 Å². The molecule has 2 fully saturated rings. The van der Waals surface area contributed by atoms with Gasteiger partial charge < -0.3 is 25.3 Å². The highest BCUT2D eigenvalue weighted by atomic mass is 16.5. The normalized spacial score (nSPS) is 24.1. The average Bonchev–Trinajstić information content (AvgIpc) is 2.95. The standard InChI is InChI=1S/C22H35N3O4/c1-27-12-13-29-21-6-2-17(3-7-21)14-24-22(26)18-4-5-19(23)16-25(15-18)20-8-10-28-11-9-20/h2-3,6-7,18-20H,4-5,8-16,23H2,1H3,(H,24,26)/t18-,19+/m1/s1. The molecule has 29 heavy (non-hydrogen) atoms. The van der Waals surface area contributed by atoms with E-state index in [9.17, 15) is 4.79 Å². The predicted molar refractivity (Wildman–Crippen MR) is 112 cm³/mol. The Hall–Kier alpha value is -1.67. The van der Waals surface area contributed by atoms with Crippen LogP contribution in [0.5, 0.6) is 5.75 Å². The fourth-order valence-electron chi connectivity index (χ4n) is 4.10. The first-order chi connectivity index (χ1) is 14.2. The summed E-state index contributed by atoms with van der Waals surface area (Å²) in [6.45, 7) is 4.89. The van der Waals surface area contributed by atoms with Crippen molar-refractivity contribution in [2.24, 2.45) is 11.7 Å². The molecule has 0 spiro atoms. The number of methoxy groups -OCH3 is 1. The van der Waals surface area contributed by atoms with Crippen LogP contribution in [0.1, 0.15) is 31.2 Å². The molecule has 1 amide bonds. The van der Waals surface area contributed by atoms with Gasteiger partial charge in [0.1, 0.15) is 12.4 Å². The van der Waals surface area contributed by atoms with Gasteiger partial charge in [0.2, 0.25) is 5.91 Å². The molecule has 0 aliphatic carbocycles. The van der Waals surface area contributed by atoms with Gasteiger partial charge in [0, 0.05) is 52.0 Å². The van der Waals surface area contributed by atoms with Crippen LogP contribution in [-0.2, 0) is 20.8 Å². The van der Waals surface area contributed by atoms with Gasteiger partial charge in [-0.1, -0.05) is 12.1 Å². The summed E-state index contributed by atoms with van der Waals surface area (Å²) < 4.78 is 16.1. The van der Waals surface area contributed by atoms with Gasteiger partial charge in [-0.2, -0.15) is 0 Å². The maximum atomic E-state index is 12.9. The van der Waals surface area contributed by atoms with Crippen molar-refractivity contribution < 1.29 is 19.0 Å². The molecule has 0 radical (unpaired) electrons. The Morgan fingerprint density at radius 3 is 2.62 bits per heavy atom. The molecule has 2 saturated heterocycles. The van der Waals surface area contributed by atoms with Gasteiger partial charge in [0.25, 0.3) is 0 Å². The van der Waals surface area contributed by atoms with Crippen molar-refractivity contribution in [3.8, 4) is 5.75 Å². The molecule has 2 atom stereocenters. The Labute approximate surface area is 173 Å². The zero-order chi connectivity index (χ0) is 20.5. The number of carbonyl (C=O) groups is 1. The molecule has 1 aromatic carbocycles. The number of amides is 1. The molecule has 0 bridgehead atoms. The summed E-state index contributed by atoms with van der Waals surface area (Å²) in [6.07, 6.45) is 3.80. The van der Waals surface area contributed by atoms with Crippen molar-refractivity contribution in [3.05, 3.63) is 29.8 Å². The molecule has 7 heteroatoms. The largest absolute Gasteiger partial charge is 0.491 e. The van der Waals surface area contributed by atoms with Crippen molar-refractivity contribution in [3.63, 3.8) is 0 Å². The lowest BCUT2D eigenvalue weighted by molar-refractivity contribution is -0.126. The average molecular weight is 406 g/mol. The van der Waals surface area contributed by atoms with E-state index in [2.05, 4.69) is 10.2 Å². The van der Waals surface area contributed by atoms with E-state index in [4.69, 9.17) is 19.9 Å². The molecule has 1 aromatic rings. The number of ether oxygens (including phenoxy) is 3. The van der Waals surface area contributed by atoms with Gasteiger partial charge in [-0.25, -0.2) is 0 Å². The summed E-state index contributed by atoms with van der Waals surface area (Å²) in [4.78, 5) is 15.3. The summed E-state index contributed by atoms with van der Waals surface area (Å²) in [5.41, 5.74) is 7.35. The van der Waals surface area contributed by atoms with Gasteiger partial charge in [-0.3, -0.25) is 9.69 Å². The molecule has 0 aromatic heterocycles. The van der Waals surface area contributed by atoms with Crippen LogP contribution < -0.4 is 15.8 Å². The zero-order valence-corrected chi connectivity index (χ0v) is 17.5. The van der Waals surface area contributed by atoms with Crippen molar-refractivity contribution in [1.29, 1.82) is 0 Å². The van der Waals surface area contributed by atoms with Crippen molar-refractivity contribution >= 4 is 5.91 Å². The van der Waals surface area contributed by atoms with E-state index >= 15 is 0 Å². The number of likely N-dealkylation sites (tertiary alicyclic amines) is 1. The zero-order valence-electron chi connectivity index (χ0n) is 17.5. The second-order valence-corrected chi connectivity index (χ2v) is 8.03. The molecule has 0 unspecified atom stereocenters. The third kappa shape index (κ3) is 6.96. The van der Waals surface area contributed by atoms with E-state index in [-0.39, 0.29) is 17.9 Å². The number of hydrogen-bond acceptors (Lipinski definition) is 6. The SMILES string of the molecule is COCCOc1ccc(CNC(=O)[C@@H]2CC[C@H](N)CN(C3CCOCC3)C2)cc1. The van der Waals surface area contributed by atoms with Crippen LogP contribution in [-0.4, -0.2) is 69.5 Å². The first-order valence-corrected chi connectivity index (χ1v) is 10.7. The van der Waals surface area contributed by atoms with E-state index in [1.807, 2.05) is 24.3 Å². The van der Waals surface area contributed by atoms with Crippen LogP contribution >= 0.6 is 0 Å². The number of nitrogens with two attached hydrogens (primary N) is 1. The number of benzene rings is 1. The van der Waals surface area contributed by atoms with E-state index in [1.165, 1.54) is 0 Å². The van der Waals surface area contributed by atoms with Crippen LogP contribution in [0.4, 0.5) is 0 Å². The number of nitrogens with one attached hydrogen (secondary N) is 1. The quantitative estimate of drug-likeness (QED) is 0.638. The number of nitrogens with zero attached hydrogens (tertiary/aromatic N) is 1. The summed E-state index contributed by atoms with van der Waals surface area (Å²) >= 11 is 0. The molecule has 162 valence electrons. The van der Waals surface area contributed by atoms with Crippen molar-refractivity contribution in [1.82, 2.24) is 10.2 Å². The maximum Gasteiger partial charge on any atom is 0.224 e. The third-order valence-electron chi connectivity index (χ3n) is 5.83. The fraction of sp³-hybridized carbons (Fsp3) is 0.682. The lowest BCUT2D eigenvalue weighted by atomic mass is 10.0. The topological polar surface area (TPSA) is 86.0 Å².